The van der Waals surface area contributed by atoms with Gasteiger partial charge in [-0.2, -0.15) is 0 Å². The first-order valence-corrected chi connectivity index (χ1v) is 21.7. The minimum atomic E-state index is 1.10. The minimum absolute atomic E-state index is 1.10. The highest BCUT2D eigenvalue weighted by atomic mass is 32.1. The Morgan fingerprint density at radius 3 is 1.49 bits per heavy atom. The van der Waals surface area contributed by atoms with E-state index in [1.54, 1.807) is 0 Å². The number of anilines is 3. The van der Waals surface area contributed by atoms with Crippen LogP contribution in [0.4, 0.5) is 17.1 Å². The van der Waals surface area contributed by atoms with Gasteiger partial charge in [-0.05, 0) is 93.9 Å². The van der Waals surface area contributed by atoms with Crippen LogP contribution in [0, 0.1) is 0 Å². The van der Waals surface area contributed by atoms with Crippen molar-refractivity contribution in [1.82, 2.24) is 4.57 Å². The Labute approximate surface area is 358 Å². The third-order valence-corrected chi connectivity index (χ3v) is 13.4. The molecule has 0 atom stereocenters. The van der Waals surface area contributed by atoms with Crippen molar-refractivity contribution in [3.05, 3.63) is 231 Å². The van der Waals surface area contributed by atoms with Crippen molar-refractivity contribution in [2.45, 2.75) is 0 Å². The molecule has 0 N–H and O–H groups in total. The van der Waals surface area contributed by atoms with Crippen LogP contribution in [0.1, 0.15) is 0 Å². The molecule has 10 aromatic carbocycles. The molecule has 0 bridgehead atoms. The first kappa shape index (κ1) is 35.2. The first-order valence-electron chi connectivity index (χ1n) is 20.8. The normalized spacial score (nSPS) is 11.6. The molecule has 0 aliphatic rings. The van der Waals surface area contributed by atoms with E-state index in [1.165, 1.54) is 91.8 Å². The number of aromatic nitrogens is 1. The lowest BCUT2D eigenvalue weighted by Gasteiger charge is -2.26. The molecular formula is C58H38N2S. The fourth-order valence-corrected chi connectivity index (χ4v) is 10.6. The molecule has 61 heavy (non-hydrogen) atoms. The monoisotopic (exact) mass is 794 g/mol. The second-order valence-corrected chi connectivity index (χ2v) is 16.7. The largest absolute Gasteiger partial charge is 0.311 e. The third-order valence-electron chi connectivity index (χ3n) is 12.2. The molecule has 0 aliphatic heterocycles. The van der Waals surface area contributed by atoms with E-state index >= 15 is 0 Å². The van der Waals surface area contributed by atoms with Crippen molar-refractivity contribution in [3.8, 4) is 39.1 Å². The minimum Gasteiger partial charge on any atom is -0.311 e. The van der Waals surface area contributed by atoms with Gasteiger partial charge in [0, 0.05) is 59.0 Å². The van der Waals surface area contributed by atoms with Crippen molar-refractivity contribution in [2.75, 3.05) is 4.90 Å². The van der Waals surface area contributed by atoms with Gasteiger partial charge in [0.15, 0.2) is 0 Å². The summed E-state index contributed by atoms with van der Waals surface area (Å²) >= 11 is 1.89. The van der Waals surface area contributed by atoms with Crippen LogP contribution in [-0.2, 0) is 0 Å². The van der Waals surface area contributed by atoms with E-state index < -0.39 is 0 Å². The van der Waals surface area contributed by atoms with Crippen LogP contribution in [-0.4, -0.2) is 4.57 Å². The summed E-state index contributed by atoms with van der Waals surface area (Å²) in [6.07, 6.45) is 0. The summed E-state index contributed by atoms with van der Waals surface area (Å²) < 4.78 is 5.11. The lowest BCUT2D eigenvalue weighted by Crippen LogP contribution is -2.09. The van der Waals surface area contributed by atoms with Gasteiger partial charge in [-0.25, -0.2) is 0 Å². The topological polar surface area (TPSA) is 8.17 Å². The van der Waals surface area contributed by atoms with Crippen molar-refractivity contribution in [1.29, 1.82) is 0 Å². The second kappa shape index (κ2) is 14.5. The summed E-state index contributed by atoms with van der Waals surface area (Å²) in [4.78, 5) is 2.36. The highest BCUT2D eigenvalue weighted by molar-refractivity contribution is 7.26. The standard InChI is InChI=1S/C58H38N2S/c1-3-14-39(15-4-1)41-26-32-45(33-27-41)59(46-34-28-42(29-35-46)40-16-5-2-6-17-40)47-36-30-44(31-37-47)51-38-52-49-21-9-11-23-54(49)60(53-24-13-19-43-18-7-8-20-48(43)53)57(52)56-50-22-10-12-25-55(50)61-58(51)56/h1-38H. The zero-order chi connectivity index (χ0) is 40.3. The quantitative estimate of drug-likeness (QED) is 0.156. The molecule has 0 unspecified atom stereocenters. The number of rotatable bonds is 7. The molecule has 3 heteroatoms. The molecule has 12 rings (SSSR count). The average molecular weight is 795 g/mol. The van der Waals surface area contributed by atoms with Crippen LogP contribution in [0.2, 0.25) is 0 Å². The molecule has 0 fully saturated rings. The van der Waals surface area contributed by atoms with E-state index in [9.17, 15) is 0 Å². The maximum Gasteiger partial charge on any atom is 0.0634 e. The van der Waals surface area contributed by atoms with Gasteiger partial charge in [-0.1, -0.05) is 170 Å². The number of benzene rings is 10. The van der Waals surface area contributed by atoms with Crippen LogP contribution in [0.15, 0.2) is 231 Å². The Balaban J connectivity index is 1.04. The van der Waals surface area contributed by atoms with E-state index in [-0.39, 0.29) is 0 Å². The van der Waals surface area contributed by atoms with E-state index in [1.807, 2.05) is 11.3 Å². The number of hydrogen-bond donors (Lipinski definition) is 0. The Morgan fingerprint density at radius 1 is 0.361 bits per heavy atom. The van der Waals surface area contributed by atoms with Crippen LogP contribution >= 0.6 is 11.3 Å². The van der Waals surface area contributed by atoms with Crippen LogP contribution in [0.25, 0.3) is 91.8 Å². The van der Waals surface area contributed by atoms with E-state index in [4.69, 9.17) is 0 Å². The molecule has 12 aromatic rings. The van der Waals surface area contributed by atoms with E-state index in [0.29, 0.717) is 0 Å². The SMILES string of the molecule is c1ccc(-c2ccc(N(c3ccc(-c4ccccc4)cc3)c3ccc(-c4cc5c6ccccc6n(-c6cccc7ccccc67)c5c5c4sc4ccccc45)cc3)cc2)cc1. The van der Waals surface area contributed by atoms with Gasteiger partial charge in [0.2, 0.25) is 0 Å². The molecule has 0 saturated carbocycles. The Hall–Kier alpha value is -7.72. The van der Waals surface area contributed by atoms with E-state index in [0.717, 1.165) is 17.1 Å². The van der Waals surface area contributed by atoms with Crippen molar-refractivity contribution < 1.29 is 0 Å². The van der Waals surface area contributed by atoms with Crippen molar-refractivity contribution >= 4 is 81.1 Å². The molecule has 2 heterocycles. The molecule has 0 amide bonds. The molecule has 2 nitrogen and oxygen atoms in total. The number of hydrogen-bond acceptors (Lipinski definition) is 2. The zero-order valence-electron chi connectivity index (χ0n) is 33.2. The molecule has 0 spiro atoms. The number of para-hydroxylation sites is 1. The van der Waals surface area contributed by atoms with Crippen molar-refractivity contribution in [3.63, 3.8) is 0 Å². The zero-order valence-corrected chi connectivity index (χ0v) is 34.1. The van der Waals surface area contributed by atoms with Crippen LogP contribution in [0.5, 0.6) is 0 Å². The molecule has 286 valence electrons. The lowest BCUT2D eigenvalue weighted by atomic mass is 9.98. The van der Waals surface area contributed by atoms with Gasteiger partial charge in [0.25, 0.3) is 0 Å². The van der Waals surface area contributed by atoms with Gasteiger partial charge in [-0.15, -0.1) is 11.3 Å². The molecule has 0 saturated heterocycles. The Bertz CT molecular complexity index is 3460. The molecule has 0 radical (unpaired) electrons. The summed E-state index contributed by atoms with van der Waals surface area (Å²) in [5, 5.41) is 7.59. The Morgan fingerprint density at radius 2 is 0.852 bits per heavy atom. The first-order chi connectivity index (χ1) is 30.3. The highest BCUT2D eigenvalue weighted by Gasteiger charge is 2.23. The summed E-state index contributed by atoms with van der Waals surface area (Å²) in [7, 11) is 0. The lowest BCUT2D eigenvalue weighted by molar-refractivity contribution is 1.21. The van der Waals surface area contributed by atoms with Crippen molar-refractivity contribution in [2.24, 2.45) is 0 Å². The predicted molar refractivity (Wildman–Crippen MR) is 262 cm³/mol. The van der Waals surface area contributed by atoms with Gasteiger partial charge in [-0.3, -0.25) is 0 Å². The molecular weight excluding hydrogens is 757 g/mol. The molecule has 0 aliphatic carbocycles. The fraction of sp³-hybridized carbons (Fsp3) is 0. The second-order valence-electron chi connectivity index (χ2n) is 15.7. The average Bonchev–Trinajstić information content (AvgIpc) is 3.89. The van der Waals surface area contributed by atoms with E-state index in [2.05, 4.69) is 240 Å². The van der Waals surface area contributed by atoms with Gasteiger partial charge in [0.05, 0.1) is 16.7 Å². The predicted octanol–water partition coefficient (Wildman–Crippen LogP) is 16.8. The maximum absolute atomic E-state index is 2.52. The van der Waals surface area contributed by atoms with Crippen LogP contribution < -0.4 is 4.90 Å². The molecule has 2 aromatic heterocycles. The van der Waals surface area contributed by atoms with Gasteiger partial charge < -0.3 is 9.47 Å². The van der Waals surface area contributed by atoms with Gasteiger partial charge >= 0.3 is 0 Å². The number of nitrogens with zero attached hydrogens (tertiary/aromatic N) is 2. The Kier molecular flexibility index (Phi) is 8.39. The summed E-state index contributed by atoms with van der Waals surface area (Å²) in [5.74, 6) is 0. The summed E-state index contributed by atoms with van der Waals surface area (Å²) in [6.45, 7) is 0. The van der Waals surface area contributed by atoms with Crippen LogP contribution in [0.3, 0.4) is 0 Å². The number of thiophene rings is 1. The third kappa shape index (κ3) is 5.93. The van der Waals surface area contributed by atoms with Gasteiger partial charge in [0.1, 0.15) is 0 Å². The summed E-state index contributed by atoms with van der Waals surface area (Å²) in [5.41, 5.74) is 14.3. The number of fused-ring (bicyclic) bond motifs is 8. The fourth-order valence-electron chi connectivity index (χ4n) is 9.31. The maximum atomic E-state index is 2.52. The highest BCUT2D eigenvalue weighted by Crippen LogP contribution is 2.48. The smallest absolute Gasteiger partial charge is 0.0634 e. The summed E-state index contributed by atoms with van der Waals surface area (Å²) in [6, 6.07) is 83.9.